The van der Waals surface area contributed by atoms with Crippen LogP contribution in [0.2, 0.25) is 0 Å². The molecule has 7 nitrogen and oxygen atoms in total. The Hall–Kier alpha value is -2.93. The number of aryl methyl sites for hydroxylation is 2. The lowest BCUT2D eigenvalue weighted by atomic mass is 9.75. The molecule has 3 N–H and O–H groups in total. The molecule has 0 saturated heterocycles. The average Bonchev–Trinajstić information content (AvgIpc) is 3.09. The number of fused-ring (bicyclic) bond motifs is 2. The third-order valence-corrected chi connectivity index (χ3v) is 7.39. The van der Waals surface area contributed by atoms with E-state index in [0.717, 1.165) is 77.9 Å². The number of aliphatic hydroxyl groups excluding tert-OH is 1. The van der Waals surface area contributed by atoms with Gasteiger partial charge in [0.2, 0.25) is 0 Å². The maximum absolute atomic E-state index is 13.1. The summed E-state index contributed by atoms with van der Waals surface area (Å²) in [6, 6.07) is 6.24. The first-order valence-corrected chi connectivity index (χ1v) is 12.4. The molecule has 2 aliphatic carbocycles. The van der Waals surface area contributed by atoms with Crippen LogP contribution in [0.25, 0.3) is 16.5 Å². The van der Waals surface area contributed by atoms with Gasteiger partial charge in [0.1, 0.15) is 0 Å². The normalized spacial score (nSPS) is 22.1. The number of H-pyrrole nitrogens is 1. The Morgan fingerprint density at radius 1 is 1.15 bits per heavy atom. The third kappa shape index (κ3) is 4.06. The number of anilines is 1. The van der Waals surface area contributed by atoms with Gasteiger partial charge in [-0.2, -0.15) is 5.10 Å². The van der Waals surface area contributed by atoms with Gasteiger partial charge in [0.15, 0.2) is 5.78 Å². The number of aromatic nitrogens is 3. The fraction of sp³-hybridized carbons (Fsp3) is 0.519. The molecule has 0 unspecified atom stereocenters. The minimum absolute atomic E-state index is 0.103. The molecular weight excluding hydrogens is 428 g/mol. The molecule has 5 rings (SSSR count). The molecule has 0 amide bonds. The number of carbonyl (C=O) groups excluding carboxylic acids is 1. The molecule has 0 aliphatic heterocycles. The van der Waals surface area contributed by atoms with E-state index in [-0.39, 0.29) is 28.9 Å². The van der Waals surface area contributed by atoms with Gasteiger partial charge in [-0.1, -0.05) is 20.8 Å². The summed E-state index contributed by atoms with van der Waals surface area (Å²) in [4.78, 5) is 29.0. The van der Waals surface area contributed by atoms with Gasteiger partial charge in [0.25, 0.3) is 5.56 Å². The number of pyridine rings is 1. The van der Waals surface area contributed by atoms with Crippen molar-refractivity contribution in [1.29, 1.82) is 0 Å². The molecular formula is C27H34N4O3. The number of hydrogen-bond acceptors (Lipinski definition) is 5. The van der Waals surface area contributed by atoms with Crippen molar-refractivity contribution in [1.82, 2.24) is 14.8 Å². The fourth-order valence-corrected chi connectivity index (χ4v) is 5.67. The van der Waals surface area contributed by atoms with E-state index >= 15 is 0 Å². The van der Waals surface area contributed by atoms with Gasteiger partial charge in [-0.05, 0) is 74.4 Å². The summed E-state index contributed by atoms with van der Waals surface area (Å²) in [5.74, 6) is 0.152. The van der Waals surface area contributed by atoms with Gasteiger partial charge in [0, 0.05) is 23.8 Å². The predicted octanol–water partition coefficient (Wildman–Crippen LogP) is 4.46. The molecule has 3 aromatic rings. The van der Waals surface area contributed by atoms with Crippen molar-refractivity contribution in [3.8, 4) is 5.69 Å². The number of Topliss-reactive ketones (excluding diaryl/α,β-unsaturated/α-hetero) is 1. The van der Waals surface area contributed by atoms with E-state index in [2.05, 4.69) is 24.1 Å². The van der Waals surface area contributed by atoms with E-state index < -0.39 is 0 Å². The van der Waals surface area contributed by atoms with Gasteiger partial charge in [-0.25, -0.2) is 4.68 Å². The van der Waals surface area contributed by atoms with Crippen molar-refractivity contribution in [2.24, 2.45) is 5.41 Å². The van der Waals surface area contributed by atoms with Crippen molar-refractivity contribution >= 4 is 22.2 Å². The molecule has 2 heterocycles. The summed E-state index contributed by atoms with van der Waals surface area (Å²) in [7, 11) is 0. The smallest absolute Gasteiger partial charge is 0.258 e. The number of aliphatic hydroxyl groups is 1. The molecule has 0 atom stereocenters. The molecule has 0 radical (unpaired) electrons. The van der Waals surface area contributed by atoms with Crippen molar-refractivity contribution in [2.75, 3.05) is 5.32 Å². The summed E-state index contributed by atoms with van der Waals surface area (Å²) in [5, 5.41) is 19.8. The third-order valence-electron chi connectivity index (χ3n) is 7.39. The highest BCUT2D eigenvalue weighted by Gasteiger charge is 2.36. The minimum Gasteiger partial charge on any atom is -0.393 e. The summed E-state index contributed by atoms with van der Waals surface area (Å²) < 4.78 is 1.91. The summed E-state index contributed by atoms with van der Waals surface area (Å²) in [6.45, 7) is 8.17. The lowest BCUT2D eigenvalue weighted by Crippen LogP contribution is -2.29. The number of rotatable bonds is 4. The van der Waals surface area contributed by atoms with E-state index in [0.29, 0.717) is 11.8 Å². The molecule has 0 spiro atoms. The fourth-order valence-electron chi connectivity index (χ4n) is 5.67. The Labute approximate surface area is 199 Å². The largest absolute Gasteiger partial charge is 0.393 e. The molecule has 1 saturated carbocycles. The number of nitrogens with one attached hydrogen (secondary N) is 2. The lowest BCUT2D eigenvalue weighted by molar-refractivity contribution is 0.0910. The van der Waals surface area contributed by atoms with Gasteiger partial charge in [0.05, 0.1) is 34.1 Å². The van der Waals surface area contributed by atoms with E-state index in [1.165, 1.54) is 0 Å². The van der Waals surface area contributed by atoms with Crippen LogP contribution in [0.15, 0.2) is 23.0 Å². The molecule has 180 valence electrons. The first-order valence-electron chi connectivity index (χ1n) is 12.4. The zero-order valence-electron chi connectivity index (χ0n) is 20.5. The maximum Gasteiger partial charge on any atom is 0.258 e. The Morgan fingerprint density at radius 3 is 2.59 bits per heavy atom. The standard InChI is InChI=1S/C27H34N4O3/c1-5-17-10-16-11-19(31-22-13-27(3,4)14-23(33)24(22)15(2)30-31)12-21(25(16)26(34)29-17)28-18-6-8-20(32)9-7-18/h10-12,18,20,28,32H,5-9,13-14H2,1-4H3,(H,29,34). The van der Waals surface area contributed by atoms with Crippen LogP contribution < -0.4 is 10.9 Å². The van der Waals surface area contributed by atoms with Crippen LogP contribution in [-0.4, -0.2) is 37.8 Å². The van der Waals surface area contributed by atoms with Crippen LogP contribution in [0.4, 0.5) is 5.69 Å². The number of aromatic amines is 1. The Morgan fingerprint density at radius 2 is 1.88 bits per heavy atom. The van der Waals surface area contributed by atoms with Crippen molar-refractivity contribution < 1.29 is 9.90 Å². The van der Waals surface area contributed by atoms with Crippen LogP contribution >= 0.6 is 0 Å². The highest BCUT2D eigenvalue weighted by atomic mass is 16.3. The quantitative estimate of drug-likeness (QED) is 0.532. The summed E-state index contributed by atoms with van der Waals surface area (Å²) in [5.41, 5.74) is 4.74. The number of ketones is 1. The van der Waals surface area contributed by atoms with Crippen LogP contribution in [0.3, 0.4) is 0 Å². The molecule has 7 heteroatoms. The van der Waals surface area contributed by atoms with Gasteiger partial charge in [-0.3, -0.25) is 9.59 Å². The van der Waals surface area contributed by atoms with Crippen molar-refractivity contribution in [3.05, 3.63) is 51.2 Å². The van der Waals surface area contributed by atoms with Gasteiger partial charge < -0.3 is 15.4 Å². The van der Waals surface area contributed by atoms with Crippen LogP contribution in [-0.2, 0) is 12.8 Å². The zero-order valence-corrected chi connectivity index (χ0v) is 20.5. The Balaban J connectivity index is 1.68. The summed E-state index contributed by atoms with van der Waals surface area (Å²) in [6.07, 6.45) is 5.02. The van der Waals surface area contributed by atoms with Crippen LogP contribution in [0.1, 0.15) is 80.3 Å². The second-order valence-electron chi connectivity index (χ2n) is 10.8. The molecule has 1 aromatic carbocycles. The van der Waals surface area contributed by atoms with E-state index in [4.69, 9.17) is 5.10 Å². The molecule has 2 aromatic heterocycles. The average molecular weight is 463 g/mol. The minimum atomic E-state index is -0.240. The SMILES string of the molecule is CCc1cc2cc(-n3nc(C)c4c3CC(C)(C)CC4=O)cc(NC3CCC(O)CC3)c2c(=O)[nH]1. The number of carbonyl (C=O) groups is 1. The van der Waals surface area contributed by atoms with E-state index in [1.807, 2.05) is 36.7 Å². The van der Waals surface area contributed by atoms with Crippen molar-refractivity contribution in [3.63, 3.8) is 0 Å². The Kier molecular flexibility index (Phi) is 5.63. The first-order chi connectivity index (χ1) is 16.1. The number of nitrogens with zero attached hydrogens (tertiary/aromatic N) is 2. The second kappa shape index (κ2) is 8.38. The zero-order chi connectivity index (χ0) is 24.2. The lowest BCUT2D eigenvalue weighted by Gasteiger charge is -2.29. The topological polar surface area (TPSA) is 100 Å². The second-order valence-corrected chi connectivity index (χ2v) is 10.8. The first kappa shape index (κ1) is 22.8. The monoisotopic (exact) mass is 462 g/mol. The van der Waals surface area contributed by atoms with Crippen LogP contribution in [0, 0.1) is 12.3 Å². The van der Waals surface area contributed by atoms with E-state index in [9.17, 15) is 14.7 Å². The van der Waals surface area contributed by atoms with E-state index in [1.54, 1.807) is 0 Å². The van der Waals surface area contributed by atoms with Crippen molar-refractivity contribution in [2.45, 2.75) is 84.8 Å². The van der Waals surface area contributed by atoms with Gasteiger partial charge >= 0.3 is 0 Å². The predicted molar refractivity (Wildman–Crippen MR) is 134 cm³/mol. The summed E-state index contributed by atoms with van der Waals surface area (Å²) >= 11 is 0. The maximum atomic E-state index is 13.1. The van der Waals surface area contributed by atoms with Crippen LogP contribution in [0.5, 0.6) is 0 Å². The molecule has 34 heavy (non-hydrogen) atoms. The Bertz CT molecular complexity index is 1330. The molecule has 2 aliphatic rings. The number of hydrogen-bond donors (Lipinski definition) is 3. The highest BCUT2D eigenvalue weighted by molar-refractivity contribution is 6.00. The molecule has 1 fully saturated rings. The molecule has 0 bridgehead atoms. The van der Waals surface area contributed by atoms with Gasteiger partial charge in [-0.15, -0.1) is 0 Å². The number of benzene rings is 1. The highest BCUT2D eigenvalue weighted by Crippen LogP contribution is 2.38.